The van der Waals surface area contributed by atoms with Crippen LogP contribution in [-0.2, 0) is 0 Å². The van der Waals surface area contributed by atoms with Crippen LogP contribution in [0.5, 0.6) is 11.5 Å². The summed E-state index contributed by atoms with van der Waals surface area (Å²) in [5.41, 5.74) is 7.51. The van der Waals surface area contributed by atoms with Gasteiger partial charge >= 0.3 is 0 Å². The van der Waals surface area contributed by atoms with Gasteiger partial charge < -0.3 is 14.8 Å². The minimum absolute atomic E-state index is 0.225. The minimum Gasteiger partial charge on any atom is -0.454 e. The Morgan fingerprint density at radius 3 is 2.63 bits per heavy atom. The molecule has 0 radical (unpaired) electrons. The maximum Gasteiger partial charge on any atom is 0.245 e. The first-order chi connectivity index (χ1) is 14.7. The number of ether oxygens (including phenoxy) is 2. The Hall–Kier alpha value is -4.21. The van der Waals surface area contributed by atoms with Crippen molar-refractivity contribution in [3.05, 3.63) is 53.1 Å². The van der Waals surface area contributed by atoms with E-state index >= 15 is 0 Å². The van der Waals surface area contributed by atoms with Crippen molar-refractivity contribution in [1.29, 1.82) is 0 Å². The van der Waals surface area contributed by atoms with Gasteiger partial charge in [0.1, 0.15) is 0 Å². The molecule has 30 heavy (non-hydrogen) atoms. The van der Waals surface area contributed by atoms with Crippen LogP contribution in [0.15, 0.2) is 46.1 Å². The molecule has 10 heteroatoms. The van der Waals surface area contributed by atoms with Crippen molar-refractivity contribution in [2.24, 2.45) is 5.10 Å². The molecule has 5 rings (SSSR count). The maximum atomic E-state index is 5.39. The lowest BCUT2D eigenvalue weighted by Gasteiger charge is -2.12. The van der Waals surface area contributed by atoms with Crippen molar-refractivity contribution in [3.63, 3.8) is 0 Å². The number of nitrogens with zero attached hydrogens (tertiary/aromatic N) is 5. The fraction of sp³-hybridized carbons (Fsp3) is 0.150. The number of aryl methyl sites for hydroxylation is 1. The van der Waals surface area contributed by atoms with E-state index in [2.05, 4.69) is 36.1 Å². The van der Waals surface area contributed by atoms with Gasteiger partial charge in [0, 0.05) is 5.69 Å². The third kappa shape index (κ3) is 3.34. The summed E-state index contributed by atoms with van der Waals surface area (Å²) in [6, 6.07) is 11.5. The van der Waals surface area contributed by atoms with Crippen molar-refractivity contribution in [1.82, 2.24) is 20.3 Å². The number of fused-ring (bicyclic) bond motifs is 2. The molecular formula is C20H17N7O3. The third-order valence-corrected chi connectivity index (χ3v) is 4.75. The Morgan fingerprint density at radius 2 is 1.77 bits per heavy atom. The molecule has 0 spiro atoms. The van der Waals surface area contributed by atoms with E-state index in [9.17, 15) is 0 Å². The minimum atomic E-state index is 0.225. The van der Waals surface area contributed by atoms with Gasteiger partial charge in [0.05, 0.1) is 6.21 Å². The second-order valence-corrected chi connectivity index (χ2v) is 6.69. The predicted octanol–water partition coefficient (Wildman–Crippen LogP) is 3.55. The topological polar surface area (TPSA) is 120 Å². The highest BCUT2D eigenvalue weighted by molar-refractivity contribution is 5.83. The Morgan fingerprint density at radius 1 is 0.967 bits per heavy atom. The van der Waals surface area contributed by atoms with Crippen molar-refractivity contribution >= 4 is 34.8 Å². The number of rotatable bonds is 5. The Labute approximate surface area is 170 Å². The maximum absolute atomic E-state index is 5.39. The molecule has 0 unspecified atom stereocenters. The van der Waals surface area contributed by atoms with E-state index in [1.165, 1.54) is 0 Å². The smallest absolute Gasteiger partial charge is 0.245 e. The van der Waals surface area contributed by atoms with Crippen LogP contribution in [0.1, 0.15) is 16.7 Å². The molecule has 4 aromatic rings. The zero-order chi connectivity index (χ0) is 20.5. The number of hydrogen-bond donors (Lipinski definition) is 2. The molecule has 0 fully saturated rings. The zero-order valence-electron chi connectivity index (χ0n) is 16.2. The molecule has 2 N–H and O–H groups in total. The van der Waals surface area contributed by atoms with E-state index in [1.807, 2.05) is 50.2 Å². The Kier molecular flexibility index (Phi) is 4.36. The number of aromatic nitrogens is 4. The average Bonchev–Trinajstić information content (AvgIpc) is 3.40. The molecule has 10 nitrogen and oxygen atoms in total. The molecular weight excluding hydrogens is 386 g/mol. The first-order valence-electron chi connectivity index (χ1n) is 9.19. The molecule has 2 aromatic heterocycles. The molecule has 1 aliphatic heterocycles. The summed E-state index contributed by atoms with van der Waals surface area (Å²) < 4.78 is 15.4. The van der Waals surface area contributed by atoms with Crippen LogP contribution >= 0.6 is 0 Å². The molecule has 0 saturated carbocycles. The summed E-state index contributed by atoms with van der Waals surface area (Å²) >= 11 is 0. The van der Waals surface area contributed by atoms with E-state index in [0.717, 1.165) is 28.1 Å². The highest BCUT2D eigenvalue weighted by Gasteiger charge is 2.15. The number of hydrazone groups is 1. The number of nitrogens with one attached hydrogen (secondary N) is 2. The Balaban J connectivity index is 1.44. The molecule has 2 aromatic carbocycles. The van der Waals surface area contributed by atoms with Gasteiger partial charge in [-0.05, 0) is 65.1 Å². The summed E-state index contributed by atoms with van der Waals surface area (Å²) in [4.78, 5) is 8.87. The summed E-state index contributed by atoms with van der Waals surface area (Å²) in [6.45, 7) is 4.31. The fourth-order valence-corrected chi connectivity index (χ4v) is 2.98. The van der Waals surface area contributed by atoms with Gasteiger partial charge in [-0.1, -0.05) is 12.1 Å². The molecule has 150 valence electrons. The van der Waals surface area contributed by atoms with Gasteiger partial charge in [0.15, 0.2) is 23.1 Å². The van der Waals surface area contributed by atoms with Crippen molar-refractivity contribution in [2.45, 2.75) is 13.8 Å². The fourth-order valence-electron chi connectivity index (χ4n) is 2.98. The van der Waals surface area contributed by atoms with Crippen LogP contribution in [0.3, 0.4) is 0 Å². The number of benzene rings is 2. The quantitative estimate of drug-likeness (QED) is 0.381. The largest absolute Gasteiger partial charge is 0.454 e. The first-order valence-corrected chi connectivity index (χ1v) is 9.19. The molecule has 0 atom stereocenters. The monoisotopic (exact) mass is 403 g/mol. The average molecular weight is 403 g/mol. The normalized spacial score (nSPS) is 12.6. The standard InChI is InChI=1S/C20H17N7O3/c1-11-4-3-5-14(12(11)2)22-17-18(24-20-19(23-17)26-30-27-20)25-21-9-13-6-7-15-16(8-13)29-10-28-15/h3-9H,10H2,1-2H3,(H,22,23,26)(H,24,25,27). The van der Waals surface area contributed by atoms with Gasteiger partial charge in [0.2, 0.25) is 18.1 Å². The number of anilines is 3. The lowest BCUT2D eigenvalue weighted by atomic mass is 10.1. The van der Waals surface area contributed by atoms with Crippen LogP contribution in [0.2, 0.25) is 0 Å². The van der Waals surface area contributed by atoms with Gasteiger partial charge in [-0.2, -0.15) is 10.1 Å². The lowest BCUT2D eigenvalue weighted by Crippen LogP contribution is -2.04. The second-order valence-electron chi connectivity index (χ2n) is 6.69. The summed E-state index contributed by atoms with van der Waals surface area (Å²) in [5, 5.41) is 15.1. The summed E-state index contributed by atoms with van der Waals surface area (Å²) in [6.07, 6.45) is 1.65. The lowest BCUT2D eigenvalue weighted by molar-refractivity contribution is 0.174. The Bertz CT molecular complexity index is 1270. The predicted molar refractivity (Wildman–Crippen MR) is 110 cm³/mol. The SMILES string of the molecule is Cc1cccc(Nc2nc3nonc3nc2NN=Cc2ccc3c(c2)OCO3)c1C. The van der Waals surface area contributed by atoms with E-state index in [0.29, 0.717) is 23.0 Å². The van der Waals surface area contributed by atoms with Crippen molar-refractivity contribution < 1.29 is 14.1 Å². The molecule has 1 aliphatic rings. The van der Waals surface area contributed by atoms with Gasteiger partial charge in [-0.3, -0.25) is 5.43 Å². The molecule has 3 heterocycles. The van der Waals surface area contributed by atoms with Crippen molar-refractivity contribution in [2.75, 3.05) is 17.5 Å². The molecule has 0 aliphatic carbocycles. The second kappa shape index (κ2) is 7.32. The van der Waals surface area contributed by atoms with E-state index in [4.69, 9.17) is 14.1 Å². The summed E-state index contributed by atoms with van der Waals surface area (Å²) in [7, 11) is 0. The van der Waals surface area contributed by atoms with E-state index in [1.54, 1.807) is 6.21 Å². The zero-order valence-corrected chi connectivity index (χ0v) is 16.2. The molecule has 0 amide bonds. The first kappa shape index (κ1) is 17.9. The molecule has 0 saturated heterocycles. The van der Waals surface area contributed by atoms with Gasteiger partial charge in [-0.15, -0.1) is 0 Å². The van der Waals surface area contributed by atoms with Crippen LogP contribution in [-0.4, -0.2) is 33.3 Å². The van der Waals surface area contributed by atoms with E-state index in [-0.39, 0.29) is 12.4 Å². The van der Waals surface area contributed by atoms with Crippen LogP contribution in [0.25, 0.3) is 11.3 Å². The van der Waals surface area contributed by atoms with Crippen molar-refractivity contribution in [3.8, 4) is 11.5 Å². The van der Waals surface area contributed by atoms with E-state index < -0.39 is 0 Å². The highest BCUT2D eigenvalue weighted by atomic mass is 16.7. The van der Waals surface area contributed by atoms with Crippen LogP contribution < -0.4 is 20.2 Å². The highest BCUT2D eigenvalue weighted by Crippen LogP contribution is 2.32. The third-order valence-electron chi connectivity index (χ3n) is 4.75. The summed E-state index contributed by atoms with van der Waals surface area (Å²) in [5.74, 6) is 2.24. The van der Waals surface area contributed by atoms with Gasteiger partial charge in [-0.25, -0.2) is 9.61 Å². The molecule has 0 bridgehead atoms. The number of hydrogen-bond acceptors (Lipinski definition) is 10. The van der Waals surface area contributed by atoms with Crippen LogP contribution in [0, 0.1) is 13.8 Å². The van der Waals surface area contributed by atoms with Gasteiger partial charge in [0.25, 0.3) is 0 Å². The van der Waals surface area contributed by atoms with Crippen LogP contribution in [0.4, 0.5) is 17.3 Å².